The smallest absolute Gasteiger partial charge is 0.377 e. The van der Waals surface area contributed by atoms with Gasteiger partial charge in [-0.25, -0.2) is 28.0 Å². The van der Waals surface area contributed by atoms with Crippen LogP contribution in [0.25, 0.3) is 22.5 Å². The number of hydrogen-bond acceptors (Lipinski definition) is 9. The highest BCUT2D eigenvalue weighted by Gasteiger charge is 2.16. The maximum Gasteiger partial charge on any atom is 0.377 e. The summed E-state index contributed by atoms with van der Waals surface area (Å²) in [5.74, 6) is -3.10. The Labute approximate surface area is 293 Å². The molecule has 0 unspecified atom stereocenters. The van der Waals surface area contributed by atoms with Gasteiger partial charge in [0, 0.05) is 34.6 Å². The molecule has 2 aromatic heterocycles. The Bertz CT molecular complexity index is 2190. The minimum absolute atomic E-state index is 0.0123. The number of ether oxygens (including phenoxy) is 1. The average Bonchev–Trinajstić information content (AvgIpc) is 3.83. The molecule has 0 bridgehead atoms. The number of aromatic nitrogens is 2. The minimum Gasteiger partial charge on any atom is -0.475 e. The lowest BCUT2D eigenvalue weighted by molar-refractivity contribution is 0.0479. The Morgan fingerprint density at radius 2 is 1.06 bits per heavy atom. The summed E-state index contributed by atoms with van der Waals surface area (Å²) in [5.41, 5.74) is 3.26. The van der Waals surface area contributed by atoms with E-state index in [1.807, 2.05) is 0 Å². The van der Waals surface area contributed by atoms with Gasteiger partial charge < -0.3 is 40.2 Å². The third kappa shape index (κ3) is 9.63. The number of anilines is 4. The number of carboxylic acids is 1. The van der Waals surface area contributed by atoms with Gasteiger partial charge in [-0.15, -0.1) is 0 Å². The van der Waals surface area contributed by atoms with Crippen LogP contribution in [0.2, 0.25) is 0 Å². The monoisotopic (exact) mass is 710 g/mol. The maximum absolute atomic E-state index is 13.5. The van der Waals surface area contributed by atoms with Crippen LogP contribution < -0.4 is 21.3 Å². The number of esters is 1. The molecule has 4 amide bonds. The third-order valence-electron chi connectivity index (χ3n) is 6.83. The minimum atomic E-state index is -1.21. The highest BCUT2D eigenvalue weighted by molar-refractivity contribution is 6.00. The molecule has 6 aromatic rings. The number of urea groups is 2. The molecule has 0 aliphatic rings. The first-order valence-electron chi connectivity index (χ1n) is 15.3. The van der Waals surface area contributed by atoms with Crippen LogP contribution in [0.15, 0.2) is 118 Å². The molecule has 14 nitrogen and oxygen atoms in total. The lowest BCUT2D eigenvalue weighted by Gasteiger charge is -2.08. The Morgan fingerprint density at radius 3 is 1.46 bits per heavy atom. The van der Waals surface area contributed by atoms with E-state index < -0.39 is 35.6 Å². The summed E-state index contributed by atoms with van der Waals surface area (Å²) >= 11 is 0. The van der Waals surface area contributed by atoms with E-state index in [-0.39, 0.29) is 29.5 Å². The van der Waals surface area contributed by atoms with Crippen molar-refractivity contribution in [3.8, 4) is 22.5 Å². The predicted molar refractivity (Wildman–Crippen MR) is 185 cm³/mol. The molecule has 0 spiro atoms. The largest absolute Gasteiger partial charge is 0.475 e. The molecule has 2 heterocycles. The van der Waals surface area contributed by atoms with Crippen LogP contribution >= 0.6 is 0 Å². The number of hydrogen-bond donors (Lipinski definition) is 5. The van der Waals surface area contributed by atoms with Gasteiger partial charge in [0.2, 0.25) is 11.5 Å². The summed E-state index contributed by atoms with van der Waals surface area (Å²) in [4.78, 5) is 46.2. The van der Waals surface area contributed by atoms with Crippen LogP contribution in [0.4, 0.5) is 41.1 Å². The molecule has 5 N–H and O–H groups in total. The molecule has 4 aromatic carbocycles. The fourth-order valence-electron chi connectivity index (χ4n) is 4.36. The quantitative estimate of drug-likeness (QED) is 0.0913. The van der Waals surface area contributed by atoms with Gasteiger partial charge in [-0.05, 0) is 55.5 Å². The van der Waals surface area contributed by atoms with E-state index >= 15 is 0 Å². The predicted octanol–water partition coefficient (Wildman–Crippen LogP) is 8.12. The van der Waals surface area contributed by atoms with E-state index in [4.69, 9.17) is 14.4 Å². The molecule has 0 aliphatic heterocycles. The lowest BCUT2D eigenvalue weighted by atomic mass is 10.1. The molecular formula is C36H28F2N6O8. The van der Waals surface area contributed by atoms with Gasteiger partial charge in [-0.1, -0.05) is 58.8 Å². The van der Waals surface area contributed by atoms with Crippen molar-refractivity contribution in [3.05, 3.63) is 132 Å². The van der Waals surface area contributed by atoms with Crippen molar-refractivity contribution < 1.29 is 46.8 Å². The maximum atomic E-state index is 13.5. The Morgan fingerprint density at radius 1 is 0.635 bits per heavy atom. The number of nitrogens with one attached hydrogen (secondary N) is 4. The van der Waals surface area contributed by atoms with E-state index in [9.17, 15) is 28.0 Å². The fourth-order valence-corrected chi connectivity index (χ4v) is 4.36. The molecule has 52 heavy (non-hydrogen) atoms. The van der Waals surface area contributed by atoms with Gasteiger partial charge in [-0.3, -0.25) is 0 Å². The van der Waals surface area contributed by atoms with Crippen molar-refractivity contribution in [2.75, 3.05) is 27.9 Å². The highest BCUT2D eigenvalue weighted by atomic mass is 19.1. The van der Waals surface area contributed by atoms with Crippen LogP contribution in [-0.2, 0) is 4.74 Å². The molecule has 0 saturated carbocycles. The number of para-hydroxylation sites is 2. The fraction of sp³-hybridized carbons (Fsp3) is 0.0556. The van der Waals surface area contributed by atoms with E-state index in [0.717, 1.165) is 0 Å². The second-order valence-electron chi connectivity index (χ2n) is 10.5. The number of rotatable bonds is 9. The number of benzene rings is 4. The second-order valence-corrected chi connectivity index (χ2v) is 10.5. The molecule has 6 rings (SSSR count). The van der Waals surface area contributed by atoms with Gasteiger partial charge in [-0.2, -0.15) is 0 Å². The zero-order chi connectivity index (χ0) is 37.0. The van der Waals surface area contributed by atoms with Crippen LogP contribution in [-0.4, -0.2) is 46.0 Å². The number of carbonyl (C=O) groups is 4. The van der Waals surface area contributed by atoms with Gasteiger partial charge in [0.15, 0.2) is 0 Å². The van der Waals surface area contributed by atoms with Gasteiger partial charge in [0.25, 0.3) is 0 Å². The number of aromatic carboxylic acids is 1. The normalized spacial score (nSPS) is 10.3. The Kier molecular flexibility index (Phi) is 11.6. The van der Waals surface area contributed by atoms with Crippen molar-refractivity contribution in [1.82, 2.24) is 10.3 Å². The first kappa shape index (κ1) is 35.9. The van der Waals surface area contributed by atoms with Crippen molar-refractivity contribution >= 4 is 46.8 Å². The average molecular weight is 711 g/mol. The Hall–Kier alpha value is -7.36. The van der Waals surface area contributed by atoms with Crippen LogP contribution in [0, 0.1) is 11.6 Å². The number of carbonyl (C=O) groups excluding carboxylic acids is 3. The van der Waals surface area contributed by atoms with E-state index in [1.165, 1.54) is 48.5 Å². The first-order chi connectivity index (χ1) is 25.1. The SMILES string of the molecule is CCOC(=O)c1cc(-c2ccc(NC(=O)Nc3ccccc3F)cc2)no1.O=C(Nc1ccc(-c2cc(C(=O)O)on2)cc1)Nc1ccccc1F. The van der Waals surface area contributed by atoms with Crippen molar-refractivity contribution in [3.63, 3.8) is 0 Å². The van der Waals surface area contributed by atoms with E-state index in [0.29, 0.717) is 33.9 Å². The molecule has 264 valence electrons. The second kappa shape index (κ2) is 16.8. The van der Waals surface area contributed by atoms with Gasteiger partial charge in [0.1, 0.15) is 23.0 Å². The molecule has 16 heteroatoms. The van der Waals surface area contributed by atoms with Gasteiger partial charge in [0.05, 0.1) is 18.0 Å². The number of halogens is 2. The van der Waals surface area contributed by atoms with Crippen molar-refractivity contribution in [1.29, 1.82) is 0 Å². The summed E-state index contributed by atoms with van der Waals surface area (Å²) in [5, 5.41) is 26.3. The number of nitrogens with zero attached hydrogens (tertiary/aromatic N) is 2. The lowest BCUT2D eigenvalue weighted by Crippen LogP contribution is -2.20. The van der Waals surface area contributed by atoms with Crippen LogP contribution in [0.1, 0.15) is 28.0 Å². The molecule has 0 atom stereocenters. The van der Waals surface area contributed by atoms with E-state index in [2.05, 4.69) is 36.1 Å². The number of amides is 4. The first-order valence-corrected chi connectivity index (χ1v) is 15.3. The summed E-state index contributed by atoms with van der Waals surface area (Å²) in [6, 6.07) is 26.5. The van der Waals surface area contributed by atoms with Crippen molar-refractivity contribution in [2.45, 2.75) is 6.92 Å². The number of carboxylic acid groups (broad SMARTS) is 1. The van der Waals surface area contributed by atoms with E-state index in [1.54, 1.807) is 67.6 Å². The summed E-state index contributed by atoms with van der Waals surface area (Å²) in [7, 11) is 0. The molecule has 0 aliphatic carbocycles. The van der Waals surface area contributed by atoms with Crippen molar-refractivity contribution in [2.24, 2.45) is 0 Å². The Balaban J connectivity index is 0.000000202. The summed E-state index contributed by atoms with van der Waals surface area (Å²) in [6.07, 6.45) is 0. The standard InChI is InChI=1S/C19H16FN3O4.C17H12FN3O4/c1-2-26-18(24)17-11-16(23-27-17)12-7-9-13(10-8-12)21-19(25)22-15-6-4-3-5-14(15)20;18-12-3-1-2-4-13(12)20-17(24)19-11-7-5-10(6-8-11)14-9-15(16(22)23)25-21-14/h3-11H,2H2,1H3,(H2,21,22,25);1-9H,(H,22,23)(H2,19,20,24). The van der Waals surface area contributed by atoms with Crippen LogP contribution in [0.3, 0.4) is 0 Å². The molecular weight excluding hydrogens is 682 g/mol. The third-order valence-corrected chi connectivity index (χ3v) is 6.83. The molecule has 0 saturated heterocycles. The zero-order valence-corrected chi connectivity index (χ0v) is 27.1. The zero-order valence-electron chi connectivity index (χ0n) is 27.1. The topological polar surface area (TPSA) is 198 Å². The highest BCUT2D eigenvalue weighted by Crippen LogP contribution is 2.23. The van der Waals surface area contributed by atoms with Crippen LogP contribution in [0.5, 0.6) is 0 Å². The summed E-state index contributed by atoms with van der Waals surface area (Å²) in [6.45, 7) is 1.94. The van der Waals surface area contributed by atoms with Gasteiger partial charge >= 0.3 is 24.0 Å². The summed E-state index contributed by atoms with van der Waals surface area (Å²) < 4.78 is 41.5. The molecule has 0 fully saturated rings. The molecule has 0 radical (unpaired) electrons.